The normalized spacial score (nSPS) is 19.9. The summed E-state index contributed by atoms with van der Waals surface area (Å²) < 4.78 is 0. The molecule has 7 nitrogen and oxygen atoms in total. The molecule has 0 amide bonds. The van der Waals surface area contributed by atoms with Crippen LogP contribution < -0.4 is 0 Å². The largest absolute Gasteiger partial charge is 0.507 e. The van der Waals surface area contributed by atoms with Crippen molar-refractivity contribution >= 4 is 23.1 Å². The van der Waals surface area contributed by atoms with Gasteiger partial charge in [-0.05, 0) is 33.6 Å². The summed E-state index contributed by atoms with van der Waals surface area (Å²) in [6.07, 6.45) is 0. The SMILES string of the molecule is CC(C)C(=O)c1c(O)cc(O)c([C@H](C(C)C)C2C(=O)C(C)(C)C(=O)C(C)(C)C2=O)c1O. The van der Waals surface area contributed by atoms with Crippen molar-refractivity contribution in [2.24, 2.45) is 28.6 Å². The second kappa shape index (κ2) is 7.77. The van der Waals surface area contributed by atoms with Gasteiger partial charge in [0.25, 0.3) is 0 Å². The standard InChI is InChI=1S/C24H32O7/c1-10(2)14(17-20(29)23(5,6)22(31)24(7,8)21(17)30)15-12(25)9-13(26)16(19(15)28)18(27)11(3)4/h9-11,14,17,25-26,28H,1-8H3/t14-/m0/s1. The molecule has 1 aliphatic carbocycles. The Hall–Kier alpha value is -2.70. The molecule has 1 saturated carbocycles. The third kappa shape index (κ3) is 3.64. The van der Waals surface area contributed by atoms with E-state index < -0.39 is 74.9 Å². The van der Waals surface area contributed by atoms with Crippen molar-refractivity contribution in [3.63, 3.8) is 0 Å². The van der Waals surface area contributed by atoms with Gasteiger partial charge >= 0.3 is 0 Å². The van der Waals surface area contributed by atoms with Gasteiger partial charge in [-0.15, -0.1) is 0 Å². The second-order valence-corrected chi connectivity index (χ2v) is 10.1. The molecular formula is C24H32O7. The number of hydrogen-bond acceptors (Lipinski definition) is 7. The van der Waals surface area contributed by atoms with Crippen LogP contribution in [0, 0.1) is 28.6 Å². The van der Waals surface area contributed by atoms with Crippen LogP contribution in [-0.2, 0) is 14.4 Å². The van der Waals surface area contributed by atoms with Crippen LogP contribution in [0.15, 0.2) is 6.07 Å². The topological polar surface area (TPSA) is 129 Å². The zero-order valence-electron chi connectivity index (χ0n) is 19.4. The lowest BCUT2D eigenvalue weighted by atomic mass is 9.54. The van der Waals surface area contributed by atoms with Crippen LogP contribution in [0.3, 0.4) is 0 Å². The van der Waals surface area contributed by atoms with Crippen molar-refractivity contribution in [2.75, 3.05) is 0 Å². The minimum Gasteiger partial charge on any atom is -0.507 e. The summed E-state index contributed by atoms with van der Waals surface area (Å²) in [7, 11) is 0. The van der Waals surface area contributed by atoms with Gasteiger partial charge in [0.05, 0.1) is 16.7 Å². The van der Waals surface area contributed by atoms with Crippen molar-refractivity contribution in [1.82, 2.24) is 0 Å². The number of benzene rings is 1. The lowest BCUT2D eigenvalue weighted by molar-refractivity contribution is -0.161. The average Bonchev–Trinajstić information content (AvgIpc) is 2.64. The van der Waals surface area contributed by atoms with Crippen molar-refractivity contribution in [1.29, 1.82) is 0 Å². The molecule has 1 fully saturated rings. The van der Waals surface area contributed by atoms with E-state index in [1.807, 2.05) is 0 Å². The lowest BCUT2D eigenvalue weighted by Crippen LogP contribution is -2.59. The minimum atomic E-state index is -1.44. The molecular weight excluding hydrogens is 400 g/mol. The van der Waals surface area contributed by atoms with Crippen LogP contribution in [-0.4, -0.2) is 38.5 Å². The third-order valence-electron chi connectivity index (χ3n) is 6.41. The van der Waals surface area contributed by atoms with Crippen molar-refractivity contribution in [3.05, 3.63) is 17.2 Å². The van der Waals surface area contributed by atoms with E-state index >= 15 is 0 Å². The zero-order valence-corrected chi connectivity index (χ0v) is 19.4. The Morgan fingerprint density at radius 2 is 1.32 bits per heavy atom. The van der Waals surface area contributed by atoms with Crippen LogP contribution in [0.2, 0.25) is 0 Å². The Balaban J connectivity index is 2.85. The predicted octanol–water partition coefficient (Wildman–Crippen LogP) is 3.77. The van der Waals surface area contributed by atoms with E-state index in [2.05, 4.69) is 0 Å². The Kier molecular flexibility index (Phi) is 6.16. The van der Waals surface area contributed by atoms with E-state index in [1.165, 1.54) is 27.7 Å². The summed E-state index contributed by atoms with van der Waals surface area (Å²) in [5.74, 6) is -7.28. The number of ketones is 4. The molecule has 1 aliphatic rings. The minimum absolute atomic E-state index is 0.149. The molecule has 0 unspecified atom stereocenters. The molecule has 7 heteroatoms. The van der Waals surface area contributed by atoms with Crippen molar-refractivity contribution < 1.29 is 34.5 Å². The maximum atomic E-state index is 13.4. The van der Waals surface area contributed by atoms with Crippen LogP contribution in [0.1, 0.15) is 77.2 Å². The molecule has 0 radical (unpaired) electrons. The highest BCUT2D eigenvalue weighted by Crippen LogP contribution is 2.52. The van der Waals surface area contributed by atoms with Gasteiger partial charge in [0.1, 0.15) is 22.8 Å². The number of aromatic hydroxyl groups is 3. The maximum absolute atomic E-state index is 13.4. The highest BCUT2D eigenvalue weighted by atomic mass is 16.3. The van der Waals surface area contributed by atoms with Crippen LogP contribution in [0.5, 0.6) is 17.2 Å². The quantitative estimate of drug-likeness (QED) is 0.477. The smallest absolute Gasteiger partial charge is 0.172 e. The van der Waals surface area contributed by atoms with Crippen molar-refractivity contribution in [3.8, 4) is 17.2 Å². The van der Waals surface area contributed by atoms with Crippen LogP contribution in [0.4, 0.5) is 0 Å². The lowest BCUT2D eigenvalue weighted by Gasteiger charge is -2.44. The maximum Gasteiger partial charge on any atom is 0.172 e. The molecule has 31 heavy (non-hydrogen) atoms. The molecule has 3 N–H and O–H groups in total. The van der Waals surface area contributed by atoms with Gasteiger partial charge in [-0.3, -0.25) is 19.2 Å². The highest BCUT2D eigenvalue weighted by Gasteiger charge is 2.60. The first kappa shape index (κ1) is 24.6. The average molecular weight is 433 g/mol. The summed E-state index contributed by atoms with van der Waals surface area (Å²) >= 11 is 0. The van der Waals surface area contributed by atoms with Gasteiger partial charge in [-0.1, -0.05) is 27.7 Å². The highest BCUT2D eigenvalue weighted by molar-refractivity contribution is 6.28. The number of carbonyl (C=O) groups excluding carboxylic acids is 4. The number of phenols is 3. The first-order chi connectivity index (χ1) is 14.0. The van der Waals surface area contributed by atoms with E-state index in [0.717, 1.165) is 6.07 Å². The molecule has 1 atom stereocenters. The summed E-state index contributed by atoms with van der Waals surface area (Å²) in [6, 6.07) is 0.944. The number of hydrogen-bond donors (Lipinski definition) is 3. The summed E-state index contributed by atoms with van der Waals surface area (Å²) in [4.78, 5) is 52.2. The third-order valence-corrected chi connectivity index (χ3v) is 6.41. The van der Waals surface area contributed by atoms with Gasteiger partial charge in [0.2, 0.25) is 0 Å². The molecule has 0 bridgehead atoms. The molecule has 0 spiro atoms. The summed E-state index contributed by atoms with van der Waals surface area (Å²) in [5.41, 5.74) is -3.38. The summed E-state index contributed by atoms with van der Waals surface area (Å²) in [5, 5.41) is 31.8. The fourth-order valence-electron chi connectivity index (χ4n) is 4.63. The molecule has 170 valence electrons. The Morgan fingerprint density at radius 1 is 0.871 bits per heavy atom. The molecule has 0 saturated heterocycles. The van der Waals surface area contributed by atoms with E-state index in [9.17, 15) is 34.5 Å². The van der Waals surface area contributed by atoms with E-state index in [4.69, 9.17) is 0 Å². The van der Waals surface area contributed by atoms with Gasteiger partial charge < -0.3 is 15.3 Å². The van der Waals surface area contributed by atoms with Gasteiger partial charge in [-0.25, -0.2) is 0 Å². The monoisotopic (exact) mass is 432 g/mol. The zero-order chi connectivity index (χ0) is 24.2. The first-order valence-electron chi connectivity index (χ1n) is 10.4. The Labute approximate surface area is 182 Å². The number of rotatable bonds is 5. The number of carbonyl (C=O) groups is 4. The van der Waals surface area contributed by atoms with Crippen LogP contribution >= 0.6 is 0 Å². The molecule has 2 rings (SSSR count). The van der Waals surface area contributed by atoms with E-state index in [0.29, 0.717) is 0 Å². The fraction of sp³-hybridized carbons (Fsp3) is 0.583. The Morgan fingerprint density at radius 3 is 1.71 bits per heavy atom. The van der Waals surface area contributed by atoms with Crippen LogP contribution in [0.25, 0.3) is 0 Å². The van der Waals surface area contributed by atoms with Gasteiger partial charge in [-0.2, -0.15) is 0 Å². The summed E-state index contributed by atoms with van der Waals surface area (Å²) in [6.45, 7) is 12.5. The van der Waals surface area contributed by atoms with Crippen molar-refractivity contribution in [2.45, 2.75) is 61.3 Å². The van der Waals surface area contributed by atoms with E-state index in [-0.39, 0.29) is 11.1 Å². The predicted molar refractivity (Wildman–Crippen MR) is 114 cm³/mol. The van der Waals surface area contributed by atoms with E-state index in [1.54, 1.807) is 27.7 Å². The number of Topliss-reactive ketones (excluding diaryl/α,β-unsaturated/α-hetero) is 4. The van der Waals surface area contributed by atoms with Gasteiger partial charge in [0.15, 0.2) is 23.1 Å². The molecule has 0 heterocycles. The molecule has 1 aromatic rings. The second-order valence-electron chi connectivity index (χ2n) is 10.1. The molecule has 1 aromatic carbocycles. The Bertz CT molecular complexity index is 937. The fourth-order valence-corrected chi connectivity index (χ4v) is 4.63. The first-order valence-corrected chi connectivity index (χ1v) is 10.4. The number of phenolic OH excluding ortho intramolecular Hbond substituents is 3. The molecule has 0 aromatic heterocycles. The van der Waals surface area contributed by atoms with Gasteiger partial charge in [0, 0.05) is 23.5 Å². The molecule has 0 aliphatic heterocycles.